The van der Waals surface area contributed by atoms with Gasteiger partial charge in [0.25, 0.3) is 10.0 Å². The molecule has 0 fully saturated rings. The second-order valence-corrected chi connectivity index (χ2v) is 6.36. The Bertz CT molecular complexity index is 844. The Kier molecular flexibility index (Phi) is 4.27. The molecule has 1 aromatic heterocycles. The second kappa shape index (κ2) is 5.98. The summed E-state index contributed by atoms with van der Waals surface area (Å²) >= 11 is 0. The Labute approximate surface area is 128 Å². The van der Waals surface area contributed by atoms with Crippen LogP contribution in [0.25, 0.3) is 5.57 Å². The van der Waals surface area contributed by atoms with Crippen molar-refractivity contribution in [2.75, 3.05) is 4.72 Å². The number of aromatic carboxylic acids is 1. The van der Waals surface area contributed by atoms with Crippen LogP contribution in [-0.4, -0.2) is 24.5 Å². The number of benzene rings is 1. The molecular formula is C15H14N2O4S. The van der Waals surface area contributed by atoms with Gasteiger partial charge in [-0.1, -0.05) is 12.6 Å². The van der Waals surface area contributed by atoms with Crippen molar-refractivity contribution >= 4 is 27.3 Å². The molecule has 2 aromatic rings. The van der Waals surface area contributed by atoms with E-state index >= 15 is 0 Å². The summed E-state index contributed by atoms with van der Waals surface area (Å²) in [6, 6.07) is 6.73. The molecule has 0 unspecified atom stereocenters. The highest BCUT2D eigenvalue weighted by atomic mass is 32.2. The number of carboxylic acids is 1. The average molecular weight is 318 g/mol. The van der Waals surface area contributed by atoms with Crippen LogP contribution in [0.1, 0.15) is 22.8 Å². The lowest BCUT2D eigenvalue weighted by atomic mass is 10.1. The molecule has 0 aliphatic heterocycles. The van der Waals surface area contributed by atoms with E-state index < -0.39 is 16.0 Å². The largest absolute Gasteiger partial charge is 0.478 e. The van der Waals surface area contributed by atoms with Gasteiger partial charge in [0.15, 0.2) is 0 Å². The third kappa shape index (κ3) is 3.50. The number of carboxylic acid groups (broad SMARTS) is 1. The smallest absolute Gasteiger partial charge is 0.335 e. The molecule has 2 N–H and O–H groups in total. The number of aromatic nitrogens is 1. The van der Waals surface area contributed by atoms with Crippen LogP contribution in [0.15, 0.2) is 54.2 Å². The zero-order chi connectivity index (χ0) is 16.3. The standard InChI is InChI=1S/C15H14N2O4S/c1-10(2)12-6-13(9-16-8-12)17-22(20,21)14-5-3-4-11(7-14)15(18)19/h3-9,17H,1H2,2H3,(H,18,19). The van der Waals surface area contributed by atoms with E-state index in [1.165, 1.54) is 24.4 Å². The quantitative estimate of drug-likeness (QED) is 0.883. The van der Waals surface area contributed by atoms with E-state index in [-0.39, 0.29) is 16.1 Å². The molecule has 22 heavy (non-hydrogen) atoms. The van der Waals surface area contributed by atoms with Crippen molar-refractivity contribution in [1.82, 2.24) is 4.98 Å². The SMILES string of the molecule is C=C(C)c1cncc(NS(=O)(=O)c2cccc(C(=O)O)c2)c1. The first-order valence-electron chi connectivity index (χ1n) is 6.27. The van der Waals surface area contributed by atoms with E-state index in [0.29, 0.717) is 5.56 Å². The fraction of sp³-hybridized carbons (Fsp3) is 0.0667. The lowest BCUT2D eigenvalue weighted by molar-refractivity contribution is 0.0696. The Balaban J connectivity index is 2.35. The number of allylic oxidation sites excluding steroid dienone is 1. The van der Waals surface area contributed by atoms with Crippen LogP contribution >= 0.6 is 0 Å². The van der Waals surface area contributed by atoms with Gasteiger partial charge in [0.05, 0.1) is 22.3 Å². The number of hydrogen-bond acceptors (Lipinski definition) is 4. The second-order valence-electron chi connectivity index (χ2n) is 4.68. The molecule has 1 heterocycles. The van der Waals surface area contributed by atoms with Crippen LogP contribution in [0.2, 0.25) is 0 Å². The predicted molar refractivity (Wildman–Crippen MR) is 83.2 cm³/mol. The molecule has 0 radical (unpaired) electrons. The van der Waals surface area contributed by atoms with Gasteiger partial charge in [-0.25, -0.2) is 13.2 Å². The van der Waals surface area contributed by atoms with Gasteiger partial charge >= 0.3 is 5.97 Å². The summed E-state index contributed by atoms with van der Waals surface area (Å²) < 4.78 is 27.0. The first-order valence-corrected chi connectivity index (χ1v) is 7.75. The van der Waals surface area contributed by atoms with Crippen molar-refractivity contribution in [2.24, 2.45) is 0 Å². The number of carbonyl (C=O) groups is 1. The zero-order valence-corrected chi connectivity index (χ0v) is 12.6. The molecule has 6 nitrogen and oxygen atoms in total. The van der Waals surface area contributed by atoms with Gasteiger partial charge in [0.1, 0.15) is 0 Å². The van der Waals surface area contributed by atoms with Gasteiger partial charge in [-0.15, -0.1) is 0 Å². The number of rotatable bonds is 5. The molecule has 0 saturated heterocycles. The third-order valence-electron chi connectivity index (χ3n) is 2.87. The summed E-state index contributed by atoms with van der Waals surface area (Å²) in [5.74, 6) is -1.19. The Morgan fingerprint density at radius 3 is 2.59 bits per heavy atom. The van der Waals surface area contributed by atoms with E-state index in [9.17, 15) is 13.2 Å². The first-order chi connectivity index (χ1) is 10.3. The van der Waals surface area contributed by atoms with Gasteiger partial charge in [-0.05, 0) is 42.3 Å². The zero-order valence-electron chi connectivity index (χ0n) is 11.8. The third-order valence-corrected chi connectivity index (χ3v) is 4.25. The van der Waals surface area contributed by atoms with Crippen LogP contribution in [-0.2, 0) is 10.0 Å². The molecule has 0 spiro atoms. The molecule has 0 bridgehead atoms. The topological polar surface area (TPSA) is 96.4 Å². The molecule has 2 rings (SSSR count). The maximum atomic E-state index is 12.3. The van der Waals surface area contributed by atoms with Crippen molar-refractivity contribution in [3.05, 3.63) is 60.4 Å². The number of hydrogen-bond donors (Lipinski definition) is 2. The molecule has 0 aliphatic carbocycles. The molecule has 0 aliphatic rings. The Hall–Kier alpha value is -2.67. The van der Waals surface area contributed by atoms with Crippen LogP contribution in [0.4, 0.5) is 5.69 Å². The molecule has 114 valence electrons. The van der Waals surface area contributed by atoms with Gasteiger partial charge in [0, 0.05) is 6.20 Å². The molecule has 0 saturated carbocycles. The van der Waals surface area contributed by atoms with E-state index in [2.05, 4.69) is 16.3 Å². The van der Waals surface area contributed by atoms with E-state index in [4.69, 9.17) is 5.11 Å². The molecule has 0 amide bonds. The molecule has 7 heteroatoms. The highest BCUT2D eigenvalue weighted by Gasteiger charge is 2.16. The van der Waals surface area contributed by atoms with Crippen LogP contribution < -0.4 is 4.72 Å². The summed E-state index contributed by atoms with van der Waals surface area (Å²) in [7, 11) is -3.89. The summed E-state index contributed by atoms with van der Waals surface area (Å²) in [5.41, 5.74) is 1.64. The van der Waals surface area contributed by atoms with Gasteiger partial charge < -0.3 is 5.11 Å². The highest BCUT2D eigenvalue weighted by Crippen LogP contribution is 2.19. The van der Waals surface area contributed by atoms with Gasteiger partial charge in [-0.3, -0.25) is 9.71 Å². The lowest BCUT2D eigenvalue weighted by Gasteiger charge is -2.09. The van der Waals surface area contributed by atoms with Crippen molar-refractivity contribution in [3.63, 3.8) is 0 Å². The van der Waals surface area contributed by atoms with Crippen molar-refractivity contribution in [3.8, 4) is 0 Å². The minimum absolute atomic E-state index is 0.100. The van der Waals surface area contributed by atoms with Crippen LogP contribution in [0.3, 0.4) is 0 Å². The van der Waals surface area contributed by atoms with Gasteiger partial charge in [-0.2, -0.15) is 0 Å². The van der Waals surface area contributed by atoms with Crippen molar-refractivity contribution in [1.29, 1.82) is 0 Å². The normalized spacial score (nSPS) is 11.0. The summed E-state index contributed by atoms with van der Waals surface area (Å²) in [5, 5.41) is 8.93. The predicted octanol–water partition coefficient (Wildman–Crippen LogP) is 2.61. The Morgan fingerprint density at radius 1 is 1.23 bits per heavy atom. The van der Waals surface area contributed by atoms with E-state index in [0.717, 1.165) is 11.6 Å². The fourth-order valence-corrected chi connectivity index (χ4v) is 2.82. The number of anilines is 1. The summed E-state index contributed by atoms with van der Waals surface area (Å²) in [6.07, 6.45) is 2.94. The first kappa shape index (κ1) is 15.7. The van der Waals surface area contributed by atoms with Crippen LogP contribution in [0, 0.1) is 0 Å². The number of pyridine rings is 1. The van der Waals surface area contributed by atoms with E-state index in [1.807, 2.05) is 0 Å². The minimum atomic E-state index is -3.89. The van der Waals surface area contributed by atoms with Gasteiger partial charge in [0.2, 0.25) is 0 Å². The summed E-state index contributed by atoms with van der Waals surface area (Å²) in [4.78, 5) is 14.7. The molecule has 1 aromatic carbocycles. The highest BCUT2D eigenvalue weighted by molar-refractivity contribution is 7.92. The monoisotopic (exact) mass is 318 g/mol. The lowest BCUT2D eigenvalue weighted by Crippen LogP contribution is -2.14. The maximum absolute atomic E-state index is 12.3. The molecular weight excluding hydrogens is 304 g/mol. The average Bonchev–Trinajstić information content (AvgIpc) is 2.47. The Morgan fingerprint density at radius 2 is 1.95 bits per heavy atom. The summed E-state index contributed by atoms with van der Waals surface area (Å²) in [6.45, 7) is 5.55. The maximum Gasteiger partial charge on any atom is 0.335 e. The number of nitrogens with zero attached hydrogens (tertiary/aromatic N) is 1. The number of sulfonamides is 1. The fourth-order valence-electron chi connectivity index (χ4n) is 1.74. The van der Waals surface area contributed by atoms with Crippen molar-refractivity contribution in [2.45, 2.75) is 11.8 Å². The minimum Gasteiger partial charge on any atom is -0.478 e. The van der Waals surface area contributed by atoms with Crippen LogP contribution in [0.5, 0.6) is 0 Å². The molecule has 0 atom stereocenters. The van der Waals surface area contributed by atoms with E-state index in [1.54, 1.807) is 19.2 Å². The van der Waals surface area contributed by atoms with Crippen molar-refractivity contribution < 1.29 is 18.3 Å². The number of nitrogens with one attached hydrogen (secondary N) is 1.